The summed E-state index contributed by atoms with van der Waals surface area (Å²) in [6.45, 7) is 9.42. The third kappa shape index (κ3) is 18.2. The van der Waals surface area contributed by atoms with Gasteiger partial charge in [0.1, 0.15) is 0 Å². The third-order valence-corrected chi connectivity index (χ3v) is 2.33. The zero-order valence-electron chi connectivity index (χ0n) is 12.5. The van der Waals surface area contributed by atoms with Crippen molar-refractivity contribution in [1.82, 2.24) is 0 Å². The molecule has 0 saturated carbocycles. The summed E-state index contributed by atoms with van der Waals surface area (Å²) in [4.78, 5) is 0. The van der Waals surface area contributed by atoms with E-state index in [0.717, 1.165) is 0 Å². The molecule has 0 aliphatic carbocycles. The van der Waals surface area contributed by atoms with Crippen LogP contribution < -0.4 is 0 Å². The summed E-state index contributed by atoms with van der Waals surface area (Å²) in [5, 5.41) is 16.2. The van der Waals surface area contributed by atoms with E-state index in [9.17, 15) is 0 Å². The van der Waals surface area contributed by atoms with Crippen LogP contribution in [0.25, 0.3) is 0 Å². The summed E-state index contributed by atoms with van der Waals surface area (Å²) < 4.78 is 10.4. The third-order valence-electron chi connectivity index (χ3n) is 2.33. The van der Waals surface area contributed by atoms with Crippen LogP contribution in [0, 0.1) is 0 Å². The molecule has 2 N–H and O–H groups in total. The Balaban J connectivity index is 0. The van der Waals surface area contributed by atoms with E-state index in [2.05, 4.69) is 32.4 Å². The van der Waals surface area contributed by atoms with Gasteiger partial charge in [-0.15, -0.1) is 0 Å². The van der Waals surface area contributed by atoms with Crippen molar-refractivity contribution in [1.29, 1.82) is 0 Å². The predicted octanol–water partition coefficient (Wildman–Crippen LogP) is 2.37. The highest BCUT2D eigenvalue weighted by molar-refractivity contribution is 4.54. The van der Waals surface area contributed by atoms with Crippen molar-refractivity contribution in [3.63, 3.8) is 0 Å². The lowest BCUT2D eigenvalue weighted by molar-refractivity contribution is -0.000491. The van der Waals surface area contributed by atoms with E-state index in [1.807, 2.05) is 0 Å². The maximum absolute atomic E-state index is 8.09. The molecule has 0 spiro atoms. The SMILES string of the molecule is CCCC(C)OC(C)CCC.OCCOCCO. The molecule has 4 nitrogen and oxygen atoms in total. The van der Waals surface area contributed by atoms with Crippen molar-refractivity contribution in [2.75, 3.05) is 26.4 Å². The van der Waals surface area contributed by atoms with Gasteiger partial charge in [0.2, 0.25) is 0 Å². The Morgan fingerprint density at radius 1 is 0.833 bits per heavy atom. The van der Waals surface area contributed by atoms with E-state index in [0.29, 0.717) is 25.4 Å². The van der Waals surface area contributed by atoms with Gasteiger partial charge in [0.25, 0.3) is 0 Å². The Morgan fingerprint density at radius 3 is 1.50 bits per heavy atom. The van der Waals surface area contributed by atoms with Crippen LogP contribution in [0.15, 0.2) is 0 Å². The Bertz CT molecular complexity index is 128. The molecule has 0 radical (unpaired) electrons. The van der Waals surface area contributed by atoms with Gasteiger partial charge in [-0.25, -0.2) is 0 Å². The van der Waals surface area contributed by atoms with Crippen LogP contribution in [0.1, 0.15) is 53.4 Å². The monoisotopic (exact) mass is 264 g/mol. The lowest BCUT2D eigenvalue weighted by Gasteiger charge is -2.17. The smallest absolute Gasteiger partial charge is 0.0698 e. The second-order valence-corrected chi connectivity index (χ2v) is 4.39. The van der Waals surface area contributed by atoms with Crippen LogP contribution in [0.2, 0.25) is 0 Å². The van der Waals surface area contributed by atoms with E-state index < -0.39 is 0 Å². The van der Waals surface area contributed by atoms with Gasteiger partial charge in [-0.1, -0.05) is 26.7 Å². The zero-order valence-corrected chi connectivity index (χ0v) is 12.5. The molecule has 0 fully saturated rings. The molecule has 112 valence electrons. The highest BCUT2D eigenvalue weighted by Gasteiger charge is 2.05. The zero-order chi connectivity index (χ0) is 14.2. The highest BCUT2D eigenvalue weighted by Crippen LogP contribution is 2.08. The van der Waals surface area contributed by atoms with Gasteiger partial charge in [0, 0.05) is 0 Å². The first-order valence-electron chi connectivity index (χ1n) is 7.07. The summed E-state index contributed by atoms with van der Waals surface area (Å²) in [5.41, 5.74) is 0. The summed E-state index contributed by atoms with van der Waals surface area (Å²) in [7, 11) is 0. The maximum Gasteiger partial charge on any atom is 0.0698 e. The minimum atomic E-state index is 0.0278. The molecule has 18 heavy (non-hydrogen) atoms. The van der Waals surface area contributed by atoms with Gasteiger partial charge in [0.15, 0.2) is 0 Å². The molecular weight excluding hydrogens is 232 g/mol. The van der Waals surface area contributed by atoms with E-state index in [1.165, 1.54) is 25.7 Å². The van der Waals surface area contributed by atoms with Gasteiger partial charge in [-0.2, -0.15) is 0 Å². The number of ether oxygens (including phenoxy) is 2. The Hall–Kier alpha value is -0.160. The second kappa shape index (κ2) is 16.8. The van der Waals surface area contributed by atoms with Gasteiger partial charge in [-0.05, 0) is 26.7 Å². The molecule has 0 rings (SSSR count). The first-order valence-corrected chi connectivity index (χ1v) is 7.07. The van der Waals surface area contributed by atoms with Crippen molar-refractivity contribution in [2.24, 2.45) is 0 Å². The van der Waals surface area contributed by atoms with E-state index in [4.69, 9.17) is 14.9 Å². The average Bonchev–Trinajstić information content (AvgIpc) is 2.31. The van der Waals surface area contributed by atoms with Crippen LogP contribution in [0.5, 0.6) is 0 Å². The predicted molar refractivity (Wildman–Crippen MR) is 74.8 cm³/mol. The molecule has 0 heterocycles. The molecule has 0 amide bonds. The number of hydrogen-bond acceptors (Lipinski definition) is 4. The van der Waals surface area contributed by atoms with Crippen molar-refractivity contribution in [3.05, 3.63) is 0 Å². The average molecular weight is 264 g/mol. The molecule has 0 aromatic carbocycles. The van der Waals surface area contributed by atoms with E-state index in [1.54, 1.807) is 0 Å². The first-order chi connectivity index (χ1) is 8.62. The van der Waals surface area contributed by atoms with Crippen LogP contribution >= 0.6 is 0 Å². The molecule has 0 aromatic heterocycles. The fraction of sp³-hybridized carbons (Fsp3) is 1.00. The van der Waals surface area contributed by atoms with Gasteiger partial charge < -0.3 is 19.7 Å². The Labute approximate surface area is 112 Å². The normalized spacial score (nSPS) is 13.7. The Morgan fingerprint density at radius 2 is 1.22 bits per heavy atom. The standard InChI is InChI=1S/C10H22O.C4H10O3/c1-5-7-9(3)11-10(4)8-6-2;5-1-3-7-4-2-6/h9-10H,5-8H2,1-4H3;5-6H,1-4H2. The quantitative estimate of drug-likeness (QED) is 0.595. The molecule has 2 atom stereocenters. The van der Waals surface area contributed by atoms with Crippen LogP contribution in [-0.2, 0) is 9.47 Å². The molecular formula is C14H32O4. The van der Waals surface area contributed by atoms with Gasteiger partial charge in [0.05, 0.1) is 38.6 Å². The molecule has 0 aliphatic heterocycles. The van der Waals surface area contributed by atoms with Crippen LogP contribution in [0.4, 0.5) is 0 Å². The number of hydrogen-bond donors (Lipinski definition) is 2. The minimum absolute atomic E-state index is 0.0278. The second-order valence-electron chi connectivity index (χ2n) is 4.39. The van der Waals surface area contributed by atoms with Crippen LogP contribution in [-0.4, -0.2) is 48.8 Å². The molecule has 0 aliphatic rings. The summed E-state index contributed by atoms with van der Waals surface area (Å²) >= 11 is 0. The lowest BCUT2D eigenvalue weighted by atomic mass is 10.2. The van der Waals surface area contributed by atoms with E-state index >= 15 is 0 Å². The molecule has 0 aromatic rings. The van der Waals surface area contributed by atoms with Crippen molar-refractivity contribution < 1.29 is 19.7 Å². The summed E-state index contributed by atoms with van der Waals surface area (Å²) in [6, 6.07) is 0. The largest absolute Gasteiger partial charge is 0.394 e. The highest BCUT2D eigenvalue weighted by atomic mass is 16.5. The number of rotatable bonds is 10. The lowest BCUT2D eigenvalue weighted by Crippen LogP contribution is -2.16. The molecule has 2 unspecified atom stereocenters. The molecule has 0 saturated heterocycles. The number of aliphatic hydroxyl groups is 2. The minimum Gasteiger partial charge on any atom is -0.394 e. The maximum atomic E-state index is 8.09. The van der Waals surface area contributed by atoms with Crippen molar-refractivity contribution >= 4 is 0 Å². The van der Waals surface area contributed by atoms with Gasteiger partial charge >= 0.3 is 0 Å². The first kappa shape index (κ1) is 20.2. The van der Waals surface area contributed by atoms with Crippen molar-refractivity contribution in [2.45, 2.75) is 65.6 Å². The molecule has 4 heteroatoms. The van der Waals surface area contributed by atoms with Crippen LogP contribution in [0.3, 0.4) is 0 Å². The van der Waals surface area contributed by atoms with E-state index in [-0.39, 0.29) is 13.2 Å². The fourth-order valence-corrected chi connectivity index (χ4v) is 1.58. The Kier molecular flexibility index (Phi) is 18.9. The summed E-state index contributed by atoms with van der Waals surface area (Å²) in [5.74, 6) is 0. The number of aliphatic hydroxyl groups excluding tert-OH is 2. The fourth-order valence-electron chi connectivity index (χ4n) is 1.58. The summed E-state index contributed by atoms with van der Waals surface area (Å²) in [6.07, 6.45) is 5.71. The topological polar surface area (TPSA) is 58.9 Å². The van der Waals surface area contributed by atoms with Crippen molar-refractivity contribution in [3.8, 4) is 0 Å². The van der Waals surface area contributed by atoms with Gasteiger partial charge in [-0.3, -0.25) is 0 Å². The molecule has 0 bridgehead atoms.